The molecule has 7 heteroatoms. The van der Waals surface area contributed by atoms with Gasteiger partial charge >= 0.3 is 0 Å². The Morgan fingerprint density at radius 1 is 1.14 bits per heavy atom. The highest BCUT2D eigenvalue weighted by molar-refractivity contribution is 5.94. The van der Waals surface area contributed by atoms with Crippen molar-refractivity contribution in [2.75, 3.05) is 13.2 Å². The summed E-state index contributed by atoms with van der Waals surface area (Å²) in [5.74, 6) is -2.58. The zero-order chi connectivity index (χ0) is 21.0. The van der Waals surface area contributed by atoms with Gasteiger partial charge in [0.2, 0.25) is 5.92 Å². The van der Waals surface area contributed by atoms with Crippen LogP contribution in [0.3, 0.4) is 0 Å². The van der Waals surface area contributed by atoms with Gasteiger partial charge in [-0.3, -0.25) is 9.59 Å². The molecule has 5 nitrogen and oxygen atoms in total. The molecule has 0 bridgehead atoms. The summed E-state index contributed by atoms with van der Waals surface area (Å²) in [6.07, 6.45) is 3.33. The number of amides is 2. The molecule has 1 saturated heterocycles. The number of nitrogens with one attached hydrogen (secondary N) is 1. The van der Waals surface area contributed by atoms with Crippen molar-refractivity contribution in [3.05, 3.63) is 29.8 Å². The predicted molar refractivity (Wildman–Crippen MR) is 106 cm³/mol. The summed E-state index contributed by atoms with van der Waals surface area (Å²) in [5, 5.41) is 2.73. The molecule has 1 aromatic rings. The lowest BCUT2D eigenvalue weighted by Gasteiger charge is -2.38. The number of alkyl halides is 2. The van der Waals surface area contributed by atoms with Crippen LogP contribution in [0.4, 0.5) is 8.78 Å². The van der Waals surface area contributed by atoms with Crippen molar-refractivity contribution in [3.63, 3.8) is 0 Å². The lowest BCUT2D eigenvalue weighted by atomic mass is 9.97. The number of rotatable bonds is 6. The van der Waals surface area contributed by atoms with Crippen LogP contribution in [0, 0.1) is 5.92 Å². The van der Waals surface area contributed by atoms with Gasteiger partial charge in [0, 0.05) is 37.0 Å². The van der Waals surface area contributed by atoms with Crippen LogP contribution in [0.2, 0.25) is 0 Å². The van der Waals surface area contributed by atoms with Gasteiger partial charge < -0.3 is 15.0 Å². The number of nitrogens with zero attached hydrogens (tertiary/aromatic N) is 1. The van der Waals surface area contributed by atoms with Crippen molar-refractivity contribution in [1.82, 2.24) is 10.2 Å². The van der Waals surface area contributed by atoms with Crippen LogP contribution in [-0.2, 0) is 4.79 Å². The summed E-state index contributed by atoms with van der Waals surface area (Å²) in [6.45, 7) is 4.35. The van der Waals surface area contributed by atoms with Crippen LogP contribution in [0.25, 0.3) is 0 Å². The Kier molecular flexibility index (Phi) is 6.75. The van der Waals surface area contributed by atoms with Crippen molar-refractivity contribution in [2.45, 2.75) is 70.4 Å². The molecule has 3 rings (SSSR count). The van der Waals surface area contributed by atoms with Crippen LogP contribution in [-0.4, -0.2) is 47.9 Å². The highest BCUT2D eigenvalue weighted by Crippen LogP contribution is 2.38. The molecular formula is C22H30F2N2O3. The monoisotopic (exact) mass is 408 g/mol. The minimum atomic E-state index is -2.60. The van der Waals surface area contributed by atoms with E-state index in [4.69, 9.17) is 4.74 Å². The number of hydrogen-bond donors (Lipinski definition) is 1. The lowest BCUT2D eigenvalue weighted by molar-refractivity contribution is -0.139. The van der Waals surface area contributed by atoms with Gasteiger partial charge in [0.15, 0.2) is 6.61 Å². The van der Waals surface area contributed by atoms with Crippen molar-refractivity contribution in [3.8, 4) is 5.75 Å². The largest absolute Gasteiger partial charge is 0.484 e. The molecule has 0 radical (unpaired) electrons. The van der Waals surface area contributed by atoms with Crippen LogP contribution in [0.5, 0.6) is 5.75 Å². The second-order valence-corrected chi connectivity index (χ2v) is 8.42. The first kappa shape index (κ1) is 21.5. The first-order chi connectivity index (χ1) is 13.7. The Morgan fingerprint density at radius 3 is 2.38 bits per heavy atom. The minimum absolute atomic E-state index is 0.0279. The molecule has 0 unspecified atom stereocenters. The third kappa shape index (κ3) is 5.67. The van der Waals surface area contributed by atoms with Gasteiger partial charge in [-0.2, -0.15) is 0 Å². The molecule has 1 aliphatic heterocycles. The first-order valence-electron chi connectivity index (χ1n) is 10.5. The van der Waals surface area contributed by atoms with E-state index in [0.717, 1.165) is 19.3 Å². The molecule has 2 amide bonds. The number of halogens is 2. The maximum absolute atomic E-state index is 13.2. The topological polar surface area (TPSA) is 58.6 Å². The number of carbonyl (C=O) groups is 2. The van der Waals surface area contributed by atoms with E-state index in [1.807, 2.05) is 4.90 Å². The molecule has 1 aromatic carbocycles. The number of hydrogen-bond acceptors (Lipinski definition) is 3. The Hall–Kier alpha value is -2.18. The highest BCUT2D eigenvalue weighted by Gasteiger charge is 2.39. The molecular weight excluding hydrogens is 378 g/mol. The maximum atomic E-state index is 13.2. The van der Waals surface area contributed by atoms with Crippen LogP contribution >= 0.6 is 0 Å². The van der Waals surface area contributed by atoms with E-state index in [9.17, 15) is 18.4 Å². The fraction of sp³-hybridized carbons (Fsp3) is 0.636. The van der Waals surface area contributed by atoms with E-state index >= 15 is 0 Å². The Labute approximate surface area is 170 Å². The number of likely N-dealkylation sites (tertiary alicyclic amines) is 1. The van der Waals surface area contributed by atoms with Crippen molar-refractivity contribution < 1.29 is 23.1 Å². The lowest BCUT2D eigenvalue weighted by Crippen LogP contribution is -2.49. The summed E-state index contributed by atoms with van der Waals surface area (Å²) >= 11 is 0. The van der Waals surface area contributed by atoms with E-state index in [-0.39, 0.29) is 55.8 Å². The average molecular weight is 408 g/mol. The third-order valence-corrected chi connectivity index (χ3v) is 6.02. The maximum Gasteiger partial charge on any atom is 0.260 e. The fourth-order valence-electron chi connectivity index (χ4n) is 4.39. The predicted octanol–water partition coefficient (Wildman–Crippen LogP) is 4.02. The van der Waals surface area contributed by atoms with E-state index in [0.29, 0.717) is 17.7 Å². The molecule has 1 N–H and O–H groups in total. The Morgan fingerprint density at radius 2 is 1.79 bits per heavy atom. The zero-order valence-corrected chi connectivity index (χ0v) is 17.1. The molecule has 1 heterocycles. The van der Waals surface area contributed by atoms with Gasteiger partial charge in [-0.25, -0.2) is 8.78 Å². The third-order valence-electron chi connectivity index (χ3n) is 6.02. The van der Waals surface area contributed by atoms with Gasteiger partial charge in [0.1, 0.15) is 5.75 Å². The van der Waals surface area contributed by atoms with Gasteiger partial charge in [0.25, 0.3) is 11.8 Å². The number of piperidine rings is 1. The van der Waals surface area contributed by atoms with Crippen LogP contribution in [0.1, 0.15) is 62.7 Å². The molecule has 2 aliphatic rings. The molecule has 2 fully saturated rings. The van der Waals surface area contributed by atoms with Crippen LogP contribution < -0.4 is 10.1 Å². The zero-order valence-electron chi connectivity index (χ0n) is 17.1. The molecule has 1 saturated carbocycles. The quantitative estimate of drug-likeness (QED) is 0.774. The summed E-state index contributed by atoms with van der Waals surface area (Å²) in [5.41, 5.74) is 0.437. The second-order valence-electron chi connectivity index (χ2n) is 8.42. The molecule has 160 valence electrons. The summed E-state index contributed by atoms with van der Waals surface area (Å²) in [7, 11) is 0. The molecule has 29 heavy (non-hydrogen) atoms. The van der Waals surface area contributed by atoms with E-state index in [1.165, 1.54) is 0 Å². The van der Waals surface area contributed by atoms with Gasteiger partial charge in [-0.15, -0.1) is 0 Å². The van der Waals surface area contributed by atoms with Gasteiger partial charge in [-0.05, 0) is 69.7 Å². The van der Waals surface area contributed by atoms with E-state index < -0.39 is 5.92 Å². The Balaban J connectivity index is 1.46. The van der Waals surface area contributed by atoms with Gasteiger partial charge in [0.05, 0.1) is 0 Å². The second kappa shape index (κ2) is 9.09. The van der Waals surface area contributed by atoms with Gasteiger partial charge in [-0.1, -0.05) is 0 Å². The first-order valence-corrected chi connectivity index (χ1v) is 10.5. The molecule has 3 atom stereocenters. The number of ether oxygens (including phenoxy) is 1. The minimum Gasteiger partial charge on any atom is -0.484 e. The molecule has 0 spiro atoms. The molecule has 1 aliphatic carbocycles. The standard InChI is InChI=1S/C22H30F2N2O3/c1-15-4-3-5-16(2)26(15)20(27)14-29-19-8-6-18(7-9-19)21(28)25-13-17-10-11-22(23,24)12-17/h6-9,15-17H,3-5,10-14H2,1-2H3,(H,25,28)/t15-,16-,17-/m1/s1. The fourth-order valence-corrected chi connectivity index (χ4v) is 4.39. The summed E-state index contributed by atoms with van der Waals surface area (Å²) < 4.78 is 32.1. The number of carbonyl (C=O) groups excluding carboxylic acids is 2. The normalized spacial score (nSPS) is 26.2. The highest BCUT2D eigenvalue weighted by atomic mass is 19.3. The van der Waals surface area contributed by atoms with Crippen molar-refractivity contribution in [1.29, 1.82) is 0 Å². The summed E-state index contributed by atoms with van der Waals surface area (Å²) in [4.78, 5) is 26.6. The molecule has 0 aromatic heterocycles. The average Bonchev–Trinajstić information content (AvgIpc) is 3.03. The Bertz CT molecular complexity index is 713. The van der Waals surface area contributed by atoms with E-state index in [1.54, 1.807) is 24.3 Å². The SMILES string of the molecule is C[C@@H]1CCC[C@@H](C)N1C(=O)COc1ccc(C(=O)NC[C@@H]2CCC(F)(F)C2)cc1. The van der Waals surface area contributed by atoms with Crippen molar-refractivity contribution >= 4 is 11.8 Å². The van der Waals surface area contributed by atoms with Crippen molar-refractivity contribution in [2.24, 2.45) is 5.92 Å². The summed E-state index contributed by atoms with van der Waals surface area (Å²) in [6, 6.07) is 6.97. The van der Waals surface area contributed by atoms with E-state index in [2.05, 4.69) is 19.2 Å². The smallest absolute Gasteiger partial charge is 0.260 e. The number of benzene rings is 1. The van der Waals surface area contributed by atoms with Crippen LogP contribution in [0.15, 0.2) is 24.3 Å².